The molecule has 0 heterocycles. The van der Waals surface area contributed by atoms with Crippen LogP contribution in [-0.2, 0) is 20.7 Å². The van der Waals surface area contributed by atoms with Crippen LogP contribution in [0.25, 0.3) is 66.1 Å². The summed E-state index contributed by atoms with van der Waals surface area (Å²) in [7, 11) is 5.34. The quantitative estimate of drug-likeness (QED) is 0.0514. The van der Waals surface area contributed by atoms with E-state index in [1.54, 1.807) is 14.2 Å². The molecule has 10 heteroatoms. The van der Waals surface area contributed by atoms with Gasteiger partial charge in [0.05, 0.1) is 19.8 Å². The first-order valence-electron chi connectivity index (χ1n) is 22.5. The average Bonchev–Trinajstić information content (AvgIpc) is 3.33. The lowest BCUT2D eigenvalue weighted by atomic mass is 9.90. The summed E-state index contributed by atoms with van der Waals surface area (Å²) in [6.45, 7) is 4.32. The minimum atomic E-state index is 0.0475. The van der Waals surface area contributed by atoms with Gasteiger partial charge in [-0.25, -0.2) is 0 Å². The third-order valence-corrected chi connectivity index (χ3v) is 12.0. The Morgan fingerprint density at radius 1 is 0.554 bits per heavy atom. The first-order valence-corrected chi connectivity index (χ1v) is 23.3. The molecule has 0 aromatic heterocycles. The second kappa shape index (κ2) is 24.0. The molecule has 1 amide bonds. The van der Waals surface area contributed by atoms with E-state index in [1.165, 1.54) is 5.56 Å². The number of carbonyl (C=O) groups is 1. The topological polar surface area (TPSA) is 113 Å². The maximum atomic E-state index is 12.0. The standard InChI is InChI=1S/C55H60BrN3O6/c1-58-28-4-5-30-63-52-37-43(17-22-47(52)41-11-9-38(10-12-41)7-6-8-53(60)59-29-27-57)40-15-13-39(14-16-40)42-18-23-48-44(35-42)19-25-50(64-33-31-61-2)54(48)55-49-24-21-46(56)36-45(49)20-26-51(55)65-34-32-62-3/h9-26,35-37,58H,4-8,27-34,57H2,1-3H3,(H,59,60). The fourth-order valence-corrected chi connectivity index (χ4v) is 8.48. The Hall–Kier alpha value is -5.75. The van der Waals surface area contributed by atoms with Crippen LogP contribution in [0.1, 0.15) is 31.2 Å². The fourth-order valence-electron chi connectivity index (χ4n) is 8.10. The van der Waals surface area contributed by atoms with Crippen molar-refractivity contribution in [2.24, 2.45) is 5.73 Å². The molecule has 0 unspecified atom stereocenters. The van der Waals surface area contributed by atoms with Crippen LogP contribution in [0, 0.1) is 0 Å². The number of carbonyl (C=O) groups excluding carboxylic acids is 1. The molecule has 0 aliphatic heterocycles. The number of hydrogen-bond donors (Lipinski definition) is 3. The number of amides is 1. The number of hydrogen-bond acceptors (Lipinski definition) is 8. The summed E-state index contributed by atoms with van der Waals surface area (Å²) in [6.07, 6.45) is 4.10. The summed E-state index contributed by atoms with van der Waals surface area (Å²) in [5.74, 6) is 2.44. The Kier molecular flexibility index (Phi) is 17.4. The minimum absolute atomic E-state index is 0.0475. The highest BCUT2D eigenvalue weighted by atomic mass is 79.9. The van der Waals surface area contributed by atoms with Gasteiger partial charge in [-0.15, -0.1) is 0 Å². The van der Waals surface area contributed by atoms with Gasteiger partial charge < -0.3 is 40.1 Å². The van der Waals surface area contributed by atoms with Crippen LogP contribution in [0.4, 0.5) is 0 Å². The Morgan fingerprint density at radius 2 is 1.12 bits per heavy atom. The highest BCUT2D eigenvalue weighted by Crippen LogP contribution is 2.47. The van der Waals surface area contributed by atoms with Gasteiger partial charge in [-0.1, -0.05) is 107 Å². The van der Waals surface area contributed by atoms with E-state index in [4.69, 9.17) is 29.4 Å². The fraction of sp³-hybridized carbons (Fsp3) is 0.291. The van der Waals surface area contributed by atoms with Gasteiger partial charge in [0, 0.05) is 54.9 Å². The molecule has 0 radical (unpaired) electrons. The number of aryl methyl sites for hydroxylation is 1. The molecule has 7 rings (SSSR count). The molecule has 0 bridgehead atoms. The Balaban J connectivity index is 1.17. The van der Waals surface area contributed by atoms with E-state index in [2.05, 4.69) is 148 Å². The molecular weight excluding hydrogens is 879 g/mol. The summed E-state index contributed by atoms with van der Waals surface area (Å²) in [5.41, 5.74) is 15.2. The zero-order valence-corrected chi connectivity index (χ0v) is 39.3. The summed E-state index contributed by atoms with van der Waals surface area (Å²) in [5, 5.41) is 10.4. The third kappa shape index (κ3) is 12.3. The largest absolute Gasteiger partial charge is 0.493 e. The van der Waals surface area contributed by atoms with Gasteiger partial charge in [0.2, 0.25) is 5.91 Å². The molecule has 0 saturated heterocycles. The molecule has 7 aromatic rings. The highest BCUT2D eigenvalue weighted by molar-refractivity contribution is 9.10. The molecule has 65 heavy (non-hydrogen) atoms. The summed E-state index contributed by atoms with van der Waals surface area (Å²) in [4.78, 5) is 12.0. The van der Waals surface area contributed by atoms with E-state index >= 15 is 0 Å². The van der Waals surface area contributed by atoms with Crippen LogP contribution >= 0.6 is 15.9 Å². The normalized spacial score (nSPS) is 11.3. The predicted octanol–water partition coefficient (Wildman–Crippen LogP) is 11.2. The van der Waals surface area contributed by atoms with Crippen molar-refractivity contribution in [3.05, 3.63) is 137 Å². The molecule has 7 aromatic carbocycles. The number of unbranched alkanes of at least 4 members (excludes halogenated alkanes) is 1. The van der Waals surface area contributed by atoms with Crippen molar-refractivity contribution in [3.63, 3.8) is 0 Å². The zero-order chi connectivity index (χ0) is 45.4. The number of benzene rings is 7. The molecule has 0 spiro atoms. The van der Waals surface area contributed by atoms with Crippen LogP contribution < -0.4 is 30.6 Å². The van der Waals surface area contributed by atoms with Gasteiger partial charge in [0.25, 0.3) is 0 Å². The molecule has 0 atom stereocenters. The van der Waals surface area contributed by atoms with E-state index in [0.717, 1.165) is 120 Å². The van der Waals surface area contributed by atoms with Crippen molar-refractivity contribution in [1.82, 2.24) is 10.6 Å². The smallest absolute Gasteiger partial charge is 0.220 e. The van der Waals surface area contributed by atoms with Crippen LogP contribution in [0.2, 0.25) is 0 Å². The average molecular weight is 939 g/mol. The van der Waals surface area contributed by atoms with Crippen molar-refractivity contribution >= 4 is 43.4 Å². The van der Waals surface area contributed by atoms with Crippen molar-refractivity contribution < 1.29 is 28.5 Å². The van der Waals surface area contributed by atoms with Gasteiger partial charge in [-0.3, -0.25) is 4.79 Å². The Labute approximate surface area is 391 Å². The third-order valence-electron chi connectivity index (χ3n) is 11.5. The first-order chi connectivity index (χ1) is 31.9. The summed E-state index contributed by atoms with van der Waals surface area (Å²) < 4.78 is 31.1. The number of halogens is 1. The number of fused-ring (bicyclic) bond motifs is 2. The number of rotatable bonds is 24. The lowest BCUT2D eigenvalue weighted by molar-refractivity contribution is -0.121. The van der Waals surface area contributed by atoms with Crippen LogP contribution in [-0.4, -0.2) is 79.8 Å². The number of nitrogens with two attached hydrogens (primary N) is 1. The Bertz CT molecular complexity index is 2650. The first kappa shape index (κ1) is 47.2. The molecule has 9 nitrogen and oxygen atoms in total. The second-order valence-electron chi connectivity index (χ2n) is 16.0. The van der Waals surface area contributed by atoms with Gasteiger partial charge in [0.1, 0.15) is 30.5 Å². The Morgan fingerprint density at radius 3 is 1.75 bits per heavy atom. The van der Waals surface area contributed by atoms with Crippen LogP contribution in [0.15, 0.2) is 132 Å². The molecular formula is C55H60BrN3O6. The zero-order valence-electron chi connectivity index (χ0n) is 37.7. The van der Waals surface area contributed by atoms with E-state index < -0.39 is 0 Å². The van der Waals surface area contributed by atoms with E-state index in [1.807, 2.05) is 13.1 Å². The lowest BCUT2D eigenvalue weighted by Gasteiger charge is -2.20. The van der Waals surface area contributed by atoms with Crippen LogP contribution in [0.3, 0.4) is 0 Å². The summed E-state index contributed by atoms with van der Waals surface area (Å²) in [6, 6.07) is 45.2. The summed E-state index contributed by atoms with van der Waals surface area (Å²) >= 11 is 3.67. The predicted molar refractivity (Wildman–Crippen MR) is 269 cm³/mol. The molecule has 0 aliphatic carbocycles. The van der Waals surface area contributed by atoms with Gasteiger partial charge in [0.15, 0.2) is 0 Å². The number of ether oxygens (including phenoxy) is 5. The molecule has 4 N–H and O–H groups in total. The van der Waals surface area contributed by atoms with E-state index in [9.17, 15) is 4.79 Å². The number of methoxy groups -OCH3 is 2. The highest BCUT2D eigenvalue weighted by Gasteiger charge is 2.20. The van der Waals surface area contributed by atoms with Crippen molar-refractivity contribution in [1.29, 1.82) is 0 Å². The van der Waals surface area contributed by atoms with Crippen molar-refractivity contribution in [3.8, 4) is 61.8 Å². The van der Waals surface area contributed by atoms with Gasteiger partial charge >= 0.3 is 0 Å². The lowest BCUT2D eigenvalue weighted by Crippen LogP contribution is -2.28. The van der Waals surface area contributed by atoms with Crippen molar-refractivity contribution in [2.45, 2.75) is 32.1 Å². The maximum Gasteiger partial charge on any atom is 0.220 e. The van der Waals surface area contributed by atoms with E-state index in [-0.39, 0.29) is 5.91 Å². The van der Waals surface area contributed by atoms with Crippen LogP contribution in [0.5, 0.6) is 17.2 Å². The molecule has 0 saturated carbocycles. The SMILES string of the molecule is CNCCCCOc1cc(-c2ccc(-c3ccc4c(-c5c(OCCOC)ccc6cc(Br)ccc56)c(OCCOC)ccc4c3)cc2)ccc1-c1ccc(CCCC(=O)NCCN)cc1. The molecule has 338 valence electrons. The van der Waals surface area contributed by atoms with Gasteiger partial charge in [-0.05, 0) is 131 Å². The monoisotopic (exact) mass is 937 g/mol. The maximum absolute atomic E-state index is 12.0. The molecule has 0 aliphatic rings. The number of nitrogens with one attached hydrogen (secondary N) is 2. The molecule has 0 fully saturated rings. The van der Waals surface area contributed by atoms with Gasteiger partial charge in [-0.2, -0.15) is 0 Å². The van der Waals surface area contributed by atoms with E-state index in [0.29, 0.717) is 52.5 Å². The second-order valence-corrected chi connectivity index (χ2v) is 16.9. The minimum Gasteiger partial charge on any atom is -0.493 e. The van der Waals surface area contributed by atoms with Crippen molar-refractivity contribution in [2.75, 3.05) is 73.9 Å².